The largest absolute Gasteiger partial charge is 0.393 e. The minimum Gasteiger partial charge on any atom is -0.393 e. The molecule has 0 radical (unpaired) electrons. The molecule has 2 aromatic heterocycles. The van der Waals surface area contributed by atoms with E-state index < -0.39 is 0 Å². The molecule has 0 saturated heterocycles. The van der Waals surface area contributed by atoms with Gasteiger partial charge in [0.1, 0.15) is 11.6 Å². The summed E-state index contributed by atoms with van der Waals surface area (Å²) in [6, 6.07) is 6.44. The van der Waals surface area contributed by atoms with Gasteiger partial charge in [0.2, 0.25) is 5.95 Å². The first-order valence-corrected chi connectivity index (χ1v) is 8.72. The average molecular weight is 353 g/mol. The molecule has 0 aliphatic heterocycles. The number of hydrogen-bond acceptors (Lipinski definition) is 6. The van der Waals surface area contributed by atoms with Gasteiger partial charge < -0.3 is 16.2 Å². The van der Waals surface area contributed by atoms with Crippen molar-refractivity contribution < 1.29 is 9.50 Å². The number of pyridine rings is 1. The highest BCUT2D eigenvalue weighted by Gasteiger charge is 2.20. The summed E-state index contributed by atoms with van der Waals surface area (Å²) in [5.74, 6) is 0.587. The lowest BCUT2D eigenvalue weighted by Gasteiger charge is -2.26. The number of nitrogens with two attached hydrogens (primary N) is 1. The van der Waals surface area contributed by atoms with E-state index in [1.807, 2.05) is 0 Å². The fourth-order valence-electron chi connectivity index (χ4n) is 3.35. The van der Waals surface area contributed by atoms with E-state index in [4.69, 9.17) is 5.73 Å². The topological polar surface area (TPSA) is 97.0 Å². The summed E-state index contributed by atoms with van der Waals surface area (Å²) in [6.07, 6.45) is 6.43. The van der Waals surface area contributed by atoms with Crippen molar-refractivity contribution in [2.75, 3.05) is 11.1 Å². The molecular formula is C19H20FN5O. The second-order valence-corrected chi connectivity index (χ2v) is 6.67. The van der Waals surface area contributed by atoms with Crippen LogP contribution < -0.4 is 11.1 Å². The first-order valence-electron chi connectivity index (χ1n) is 8.72. The smallest absolute Gasteiger partial charge is 0.223 e. The van der Waals surface area contributed by atoms with Crippen LogP contribution in [-0.2, 0) is 0 Å². The number of hydrogen-bond donors (Lipinski definition) is 3. The summed E-state index contributed by atoms with van der Waals surface area (Å²) < 4.78 is 13.2. The fraction of sp³-hybridized carbons (Fsp3) is 0.316. The number of nitrogen functional groups attached to an aromatic ring is 1. The molecule has 2 heterocycles. The van der Waals surface area contributed by atoms with Gasteiger partial charge in [-0.2, -0.15) is 0 Å². The highest BCUT2D eigenvalue weighted by Crippen LogP contribution is 2.30. The van der Waals surface area contributed by atoms with Crippen molar-refractivity contribution >= 4 is 22.7 Å². The summed E-state index contributed by atoms with van der Waals surface area (Å²) in [7, 11) is 0. The van der Waals surface area contributed by atoms with Crippen molar-refractivity contribution in [3.8, 4) is 11.1 Å². The lowest BCUT2D eigenvalue weighted by atomic mass is 9.93. The molecule has 0 spiro atoms. The van der Waals surface area contributed by atoms with Crippen LogP contribution in [-0.4, -0.2) is 32.2 Å². The van der Waals surface area contributed by atoms with Gasteiger partial charge in [0, 0.05) is 24.0 Å². The third kappa shape index (κ3) is 3.30. The van der Waals surface area contributed by atoms with Gasteiger partial charge in [-0.25, -0.2) is 19.3 Å². The Labute approximate surface area is 150 Å². The molecule has 4 N–H and O–H groups in total. The summed E-state index contributed by atoms with van der Waals surface area (Å²) >= 11 is 0. The van der Waals surface area contributed by atoms with Gasteiger partial charge in [0.05, 0.1) is 17.0 Å². The number of anilines is 2. The van der Waals surface area contributed by atoms with Crippen molar-refractivity contribution in [2.24, 2.45) is 0 Å². The van der Waals surface area contributed by atoms with Gasteiger partial charge in [0.25, 0.3) is 0 Å². The Morgan fingerprint density at radius 2 is 1.77 bits per heavy atom. The molecule has 1 aliphatic carbocycles. The molecule has 1 aliphatic rings. The average Bonchev–Trinajstić information content (AvgIpc) is 2.65. The Kier molecular flexibility index (Phi) is 4.38. The van der Waals surface area contributed by atoms with E-state index in [-0.39, 0.29) is 18.0 Å². The van der Waals surface area contributed by atoms with E-state index in [1.165, 1.54) is 12.1 Å². The van der Waals surface area contributed by atoms with E-state index in [9.17, 15) is 9.50 Å². The molecule has 7 heteroatoms. The zero-order valence-electron chi connectivity index (χ0n) is 14.2. The monoisotopic (exact) mass is 353 g/mol. The molecular weight excluding hydrogens is 333 g/mol. The molecule has 4 rings (SSSR count). The maximum atomic E-state index is 13.2. The number of aromatic nitrogens is 3. The Morgan fingerprint density at radius 1 is 1.04 bits per heavy atom. The van der Waals surface area contributed by atoms with Gasteiger partial charge in [0.15, 0.2) is 0 Å². The Morgan fingerprint density at radius 3 is 2.50 bits per heavy atom. The Bertz CT molecular complexity index is 923. The highest BCUT2D eigenvalue weighted by molar-refractivity contribution is 5.98. The summed E-state index contributed by atoms with van der Waals surface area (Å²) in [6.45, 7) is 0. The number of fused-ring (bicyclic) bond motifs is 1. The van der Waals surface area contributed by atoms with Gasteiger partial charge in [-0.1, -0.05) is 12.1 Å². The summed E-state index contributed by atoms with van der Waals surface area (Å²) in [4.78, 5) is 13.2. The molecule has 134 valence electrons. The first-order chi connectivity index (χ1) is 12.6. The number of nitrogens with one attached hydrogen (secondary N) is 1. The highest BCUT2D eigenvalue weighted by atomic mass is 19.1. The molecule has 1 fully saturated rings. The second-order valence-electron chi connectivity index (χ2n) is 6.67. The van der Waals surface area contributed by atoms with Crippen molar-refractivity contribution in [1.29, 1.82) is 0 Å². The lowest BCUT2D eigenvalue weighted by molar-refractivity contribution is 0.126. The number of halogens is 1. The summed E-state index contributed by atoms with van der Waals surface area (Å²) in [5, 5.41) is 13.6. The molecule has 6 nitrogen and oxygen atoms in total. The number of benzene rings is 1. The van der Waals surface area contributed by atoms with Gasteiger partial charge in [-0.3, -0.25) is 0 Å². The van der Waals surface area contributed by atoms with Crippen LogP contribution in [0.25, 0.3) is 22.0 Å². The van der Waals surface area contributed by atoms with E-state index in [0.717, 1.165) is 36.8 Å². The van der Waals surface area contributed by atoms with Crippen molar-refractivity contribution in [3.63, 3.8) is 0 Å². The number of aliphatic hydroxyl groups is 1. The second kappa shape index (κ2) is 6.84. The van der Waals surface area contributed by atoms with Crippen LogP contribution in [0.2, 0.25) is 0 Å². The van der Waals surface area contributed by atoms with Crippen molar-refractivity contribution in [2.45, 2.75) is 37.8 Å². The predicted molar refractivity (Wildman–Crippen MR) is 99.0 cm³/mol. The molecule has 0 unspecified atom stereocenters. The van der Waals surface area contributed by atoms with Crippen LogP contribution in [0, 0.1) is 5.82 Å². The molecule has 1 saturated carbocycles. The molecule has 26 heavy (non-hydrogen) atoms. The summed E-state index contributed by atoms with van der Waals surface area (Å²) in [5.41, 5.74) is 8.25. The maximum absolute atomic E-state index is 13.2. The third-order valence-electron chi connectivity index (χ3n) is 4.84. The van der Waals surface area contributed by atoms with Gasteiger partial charge >= 0.3 is 0 Å². The van der Waals surface area contributed by atoms with E-state index >= 15 is 0 Å². The van der Waals surface area contributed by atoms with E-state index in [1.54, 1.807) is 24.5 Å². The van der Waals surface area contributed by atoms with Gasteiger partial charge in [-0.15, -0.1) is 0 Å². The first kappa shape index (κ1) is 16.7. The van der Waals surface area contributed by atoms with E-state index in [2.05, 4.69) is 20.3 Å². The van der Waals surface area contributed by atoms with Crippen LogP contribution in [0.15, 0.2) is 36.7 Å². The SMILES string of the molecule is Nc1ncc(-c2ccc(F)cc2)c2nc(NC3CCC(O)CC3)ncc12. The fourth-order valence-corrected chi connectivity index (χ4v) is 3.35. The lowest BCUT2D eigenvalue weighted by Crippen LogP contribution is -2.28. The van der Waals surface area contributed by atoms with Crippen LogP contribution in [0.1, 0.15) is 25.7 Å². The quantitative estimate of drug-likeness (QED) is 0.669. The Balaban J connectivity index is 1.71. The molecule has 0 bridgehead atoms. The molecule has 1 aromatic carbocycles. The number of aliphatic hydroxyl groups excluding tert-OH is 1. The van der Waals surface area contributed by atoms with Gasteiger partial charge in [-0.05, 0) is 43.4 Å². The zero-order chi connectivity index (χ0) is 18.1. The minimum atomic E-state index is -0.294. The minimum absolute atomic E-state index is 0.207. The molecule has 0 atom stereocenters. The van der Waals surface area contributed by atoms with Crippen LogP contribution in [0.3, 0.4) is 0 Å². The Hall–Kier alpha value is -2.80. The van der Waals surface area contributed by atoms with Crippen molar-refractivity contribution in [3.05, 3.63) is 42.5 Å². The number of rotatable bonds is 3. The van der Waals surface area contributed by atoms with Crippen LogP contribution in [0.5, 0.6) is 0 Å². The zero-order valence-corrected chi connectivity index (χ0v) is 14.2. The van der Waals surface area contributed by atoms with Crippen LogP contribution >= 0.6 is 0 Å². The van der Waals surface area contributed by atoms with Crippen LogP contribution in [0.4, 0.5) is 16.2 Å². The molecule has 3 aromatic rings. The molecule has 0 amide bonds. The van der Waals surface area contributed by atoms with E-state index in [0.29, 0.717) is 22.7 Å². The third-order valence-corrected chi connectivity index (χ3v) is 4.84. The predicted octanol–water partition coefficient (Wildman–Crippen LogP) is 3.13. The normalized spacial score (nSPS) is 20.2. The standard InChI is InChI=1S/C19H20FN5O/c20-12-3-1-11(2-4-12)15-9-22-18(21)16-10-23-19(25-17(15)16)24-13-5-7-14(26)8-6-13/h1-4,9-10,13-14,26H,5-8H2,(H2,21,22)(H,23,24,25). The number of nitrogens with zero attached hydrogens (tertiary/aromatic N) is 3. The van der Waals surface area contributed by atoms with Crippen molar-refractivity contribution in [1.82, 2.24) is 15.0 Å². The maximum Gasteiger partial charge on any atom is 0.223 e.